The molecule has 3 aromatic carbocycles. The van der Waals surface area contributed by atoms with Gasteiger partial charge in [-0.1, -0.05) is 41.9 Å². The van der Waals surface area contributed by atoms with E-state index in [-0.39, 0.29) is 22.2 Å². The number of rotatable bonds is 8. The van der Waals surface area contributed by atoms with Gasteiger partial charge in [-0.15, -0.1) is 0 Å². The van der Waals surface area contributed by atoms with Crippen LogP contribution < -0.4 is 15.5 Å². The third-order valence-corrected chi connectivity index (χ3v) is 6.21. The van der Waals surface area contributed by atoms with Crippen LogP contribution in [0.25, 0.3) is 0 Å². The van der Waals surface area contributed by atoms with Crippen molar-refractivity contribution in [3.8, 4) is 0 Å². The van der Waals surface area contributed by atoms with E-state index in [1.54, 1.807) is 12.1 Å². The van der Waals surface area contributed by atoms with Gasteiger partial charge in [-0.2, -0.15) is 0 Å². The first kappa shape index (κ1) is 24.2. The smallest absolute Gasteiger partial charge is 0.288 e. The molecule has 0 spiro atoms. The van der Waals surface area contributed by atoms with Crippen molar-refractivity contribution in [2.45, 2.75) is 19.3 Å². The van der Waals surface area contributed by atoms with Crippen molar-refractivity contribution in [3.05, 3.63) is 98.6 Å². The maximum atomic E-state index is 13.1. The second-order valence-electron chi connectivity index (χ2n) is 8.30. The average molecular weight is 493 g/mol. The van der Waals surface area contributed by atoms with Crippen LogP contribution in [0.2, 0.25) is 5.02 Å². The number of halogens is 1. The van der Waals surface area contributed by atoms with E-state index in [9.17, 15) is 19.7 Å². The number of anilines is 2. The zero-order valence-corrected chi connectivity index (χ0v) is 19.8. The highest BCUT2D eigenvalue weighted by Gasteiger charge is 2.21. The minimum atomic E-state index is -0.637. The van der Waals surface area contributed by atoms with Gasteiger partial charge in [-0.25, -0.2) is 0 Å². The fourth-order valence-corrected chi connectivity index (χ4v) is 4.27. The predicted molar refractivity (Wildman–Crippen MR) is 136 cm³/mol. The SMILES string of the molecule is O=C(Nc1ccc(N2CCCC2)c(C(=O)NCCc2ccccc2)c1)c1ccc(Cl)c([N+](=O)[O-])c1. The van der Waals surface area contributed by atoms with Crippen LogP contribution >= 0.6 is 11.6 Å². The van der Waals surface area contributed by atoms with E-state index in [1.807, 2.05) is 36.4 Å². The van der Waals surface area contributed by atoms with Crippen molar-refractivity contribution in [3.63, 3.8) is 0 Å². The highest BCUT2D eigenvalue weighted by molar-refractivity contribution is 6.32. The van der Waals surface area contributed by atoms with Gasteiger partial charge < -0.3 is 15.5 Å². The van der Waals surface area contributed by atoms with E-state index in [4.69, 9.17) is 11.6 Å². The van der Waals surface area contributed by atoms with Crippen molar-refractivity contribution in [1.82, 2.24) is 5.32 Å². The normalized spacial score (nSPS) is 12.9. The fraction of sp³-hybridized carbons (Fsp3) is 0.231. The quantitative estimate of drug-likeness (QED) is 0.337. The Bertz CT molecular complexity index is 1240. The van der Waals surface area contributed by atoms with Gasteiger partial charge in [0.15, 0.2) is 0 Å². The largest absolute Gasteiger partial charge is 0.371 e. The molecule has 180 valence electrons. The molecule has 2 N–H and O–H groups in total. The Morgan fingerprint density at radius 3 is 2.43 bits per heavy atom. The Labute approximate surface area is 208 Å². The summed E-state index contributed by atoms with van der Waals surface area (Å²) < 4.78 is 0. The third-order valence-electron chi connectivity index (χ3n) is 5.89. The summed E-state index contributed by atoms with van der Waals surface area (Å²) in [6.07, 6.45) is 2.82. The maximum Gasteiger partial charge on any atom is 0.288 e. The lowest BCUT2D eigenvalue weighted by atomic mass is 10.1. The Morgan fingerprint density at radius 1 is 0.971 bits per heavy atom. The topological polar surface area (TPSA) is 105 Å². The second-order valence-corrected chi connectivity index (χ2v) is 8.70. The molecule has 0 saturated carbocycles. The number of nitro benzene ring substituents is 1. The zero-order chi connectivity index (χ0) is 24.8. The zero-order valence-electron chi connectivity index (χ0n) is 19.0. The summed E-state index contributed by atoms with van der Waals surface area (Å²) in [5.41, 5.74) is 2.59. The van der Waals surface area contributed by atoms with Crippen LogP contribution in [0.1, 0.15) is 39.1 Å². The standard InChI is InChI=1S/C26H25ClN4O4/c27-22-10-8-19(16-24(22)31(34)35)25(32)29-20-9-11-23(30-14-4-5-15-30)21(17-20)26(33)28-13-12-18-6-2-1-3-7-18/h1-3,6-11,16-17H,4-5,12-15H2,(H,28,33)(H,29,32). The van der Waals surface area contributed by atoms with Gasteiger partial charge in [0.2, 0.25) is 0 Å². The lowest BCUT2D eigenvalue weighted by molar-refractivity contribution is -0.384. The van der Waals surface area contributed by atoms with Gasteiger partial charge >= 0.3 is 0 Å². The molecule has 0 aliphatic carbocycles. The molecular formula is C26H25ClN4O4. The van der Waals surface area contributed by atoms with E-state index in [0.29, 0.717) is 24.2 Å². The minimum absolute atomic E-state index is 0.0454. The van der Waals surface area contributed by atoms with Gasteiger partial charge in [0.1, 0.15) is 5.02 Å². The maximum absolute atomic E-state index is 13.1. The van der Waals surface area contributed by atoms with Crippen molar-refractivity contribution in [2.24, 2.45) is 0 Å². The number of amides is 2. The molecule has 0 radical (unpaired) electrons. The number of nitro groups is 1. The van der Waals surface area contributed by atoms with Gasteiger partial charge in [0.25, 0.3) is 17.5 Å². The molecule has 1 aliphatic rings. The Morgan fingerprint density at radius 2 is 1.71 bits per heavy atom. The first-order chi connectivity index (χ1) is 16.9. The van der Waals surface area contributed by atoms with Crippen LogP contribution in [0, 0.1) is 10.1 Å². The van der Waals surface area contributed by atoms with Crippen LogP contribution in [-0.2, 0) is 6.42 Å². The molecule has 8 nitrogen and oxygen atoms in total. The van der Waals surface area contributed by atoms with Crippen LogP contribution in [0.4, 0.5) is 17.1 Å². The highest BCUT2D eigenvalue weighted by Crippen LogP contribution is 2.29. The average Bonchev–Trinajstić information content (AvgIpc) is 3.39. The molecular weight excluding hydrogens is 468 g/mol. The summed E-state index contributed by atoms with van der Waals surface area (Å²) in [7, 11) is 0. The number of carbonyl (C=O) groups excluding carboxylic acids is 2. The molecule has 0 aromatic heterocycles. The summed E-state index contributed by atoms with van der Waals surface area (Å²) in [5.74, 6) is -0.754. The Hall–Kier alpha value is -3.91. The Kier molecular flexibility index (Phi) is 7.62. The van der Waals surface area contributed by atoms with Crippen LogP contribution in [0.3, 0.4) is 0 Å². The first-order valence-corrected chi connectivity index (χ1v) is 11.8. The van der Waals surface area contributed by atoms with Crippen LogP contribution in [0.15, 0.2) is 66.7 Å². The molecule has 0 bridgehead atoms. The number of benzene rings is 3. The third kappa shape index (κ3) is 5.96. The van der Waals surface area contributed by atoms with Gasteiger partial charge in [0, 0.05) is 42.6 Å². The van der Waals surface area contributed by atoms with Crippen LogP contribution in [-0.4, -0.2) is 36.4 Å². The summed E-state index contributed by atoms with van der Waals surface area (Å²) in [6.45, 7) is 2.21. The monoisotopic (exact) mass is 492 g/mol. The second kappa shape index (κ2) is 11.0. The molecule has 3 aromatic rings. The van der Waals surface area contributed by atoms with E-state index >= 15 is 0 Å². The molecule has 0 atom stereocenters. The number of hydrogen-bond donors (Lipinski definition) is 2. The van der Waals surface area contributed by atoms with Crippen molar-refractivity contribution < 1.29 is 14.5 Å². The summed E-state index contributed by atoms with van der Waals surface area (Å²) in [6, 6.07) is 19.0. The van der Waals surface area contributed by atoms with Gasteiger partial charge in [-0.05, 0) is 55.2 Å². The molecule has 1 fully saturated rings. The summed E-state index contributed by atoms with van der Waals surface area (Å²) in [4.78, 5) is 38.6. The molecule has 1 aliphatic heterocycles. The summed E-state index contributed by atoms with van der Waals surface area (Å²) in [5, 5.41) is 16.8. The van der Waals surface area contributed by atoms with Crippen molar-refractivity contribution in [2.75, 3.05) is 29.9 Å². The highest BCUT2D eigenvalue weighted by atomic mass is 35.5. The first-order valence-electron chi connectivity index (χ1n) is 11.4. The van der Waals surface area contributed by atoms with E-state index in [1.165, 1.54) is 12.1 Å². The summed E-state index contributed by atoms with van der Waals surface area (Å²) >= 11 is 5.85. The number of carbonyl (C=O) groups is 2. The minimum Gasteiger partial charge on any atom is -0.371 e. The molecule has 2 amide bonds. The predicted octanol–water partition coefficient (Wildman–Crippen LogP) is 5.07. The van der Waals surface area contributed by atoms with Gasteiger partial charge in [0.05, 0.1) is 10.5 Å². The number of nitrogens with one attached hydrogen (secondary N) is 2. The molecule has 9 heteroatoms. The number of nitrogens with zero attached hydrogens (tertiary/aromatic N) is 2. The number of hydrogen-bond acceptors (Lipinski definition) is 5. The van der Waals surface area contributed by atoms with Crippen molar-refractivity contribution in [1.29, 1.82) is 0 Å². The van der Waals surface area contributed by atoms with Crippen molar-refractivity contribution >= 4 is 40.5 Å². The molecule has 35 heavy (non-hydrogen) atoms. The molecule has 0 unspecified atom stereocenters. The van der Waals surface area contributed by atoms with Gasteiger partial charge in [-0.3, -0.25) is 19.7 Å². The lowest BCUT2D eigenvalue weighted by Gasteiger charge is -2.22. The van der Waals surface area contributed by atoms with E-state index in [2.05, 4.69) is 15.5 Å². The van der Waals surface area contributed by atoms with E-state index in [0.717, 1.165) is 43.2 Å². The van der Waals surface area contributed by atoms with Crippen LogP contribution in [0.5, 0.6) is 0 Å². The lowest BCUT2D eigenvalue weighted by Crippen LogP contribution is -2.29. The van der Waals surface area contributed by atoms with E-state index < -0.39 is 10.8 Å². The Balaban J connectivity index is 1.53. The molecule has 1 saturated heterocycles. The fourth-order valence-electron chi connectivity index (χ4n) is 4.09. The molecule has 1 heterocycles. The molecule has 4 rings (SSSR count).